The number of nitrogens with zero attached hydrogens (tertiary/aromatic N) is 1. The quantitative estimate of drug-likeness (QED) is 0.419. The summed E-state index contributed by atoms with van der Waals surface area (Å²) in [6.07, 6.45) is -4.42. The number of carbonyl (C=O) groups excluding carboxylic acids is 2. The van der Waals surface area contributed by atoms with E-state index in [1.807, 2.05) is 6.92 Å². The molecule has 0 saturated heterocycles. The molecule has 0 spiro atoms. The Labute approximate surface area is 188 Å². The number of anilines is 1. The first-order valence-corrected chi connectivity index (χ1v) is 10.2. The number of ether oxygens (including phenoxy) is 3. The summed E-state index contributed by atoms with van der Waals surface area (Å²) in [7, 11) is 1.51. The summed E-state index contributed by atoms with van der Waals surface area (Å²) < 4.78 is 52.1. The van der Waals surface area contributed by atoms with Crippen LogP contribution in [-0.4, -0.2) is 49.9 Å². The summed E-state index contributed by atoms with van der Waals surface area (Å²) in [4.78, 5) is 27.3. The molecule has 2 aromatic carbocycles. The number of benzene rings is 2. The highest BCUT2D eigenvalue weighted by Gasteiger charge is 2.39. The lowest BCUT2D eigenvalue weighted by Crippen LogP contribution is -2.33. The number of alkyl halides is 3. The SMILES string of the molecule is CCOc1ccc(C2=C(Nc3cccc(OC(F)(F)F)c3)C(=O)N(CCCOC)C2=O)cc1. The van der Waals surface area contributed by atoms with Gasteiger partial charge in [-0.15, -0.1) is 13.2 Å². The zero-order valence-corrected chi connectivity index (χ0v) is 18.1. The van der Waals surface area contributed by atoms with E-state index in [0.29, 0.717) is 30.9 Å². The Kier molecular flexibility index (Phi) is 7.59. The molecule has 3 rings (SSSR count). The smallest absolute Gasteiger partial charge is 0.494 e. The maximum atomic E-state index is 13.1. The van der Waals surface area contributed by atoms with Crippen molar-refractivity contribution in [3.8, 4) is 11.5 Å². The Morgan fingerprint density at radius 3 is 2.36 bits per heavy atom. The Hall–Kier alpha value is -3.53. The van der Waals surface area contributed by atoms with E-state index in [-0.39, 0.29) is 23.5 Å². The van der Waals surface area contributed by atoms with Crippen molar-refractivity contribution >= 4 is 23.1 Å². The Bertz CT molecular complexity index is 1040. The van der Waals surface area contributed by atoms with Gasteiger partial charge in [0.05, 0.1) is 12.2 Å². The van der Waals surface area contributed by atoms with Gasteiger partial charge in [-0.05, 0) is 43.2 Å². The van der Waals surface area contributed by atoms with E-state index in [9.17, 15) is 22.8 Å². The van der Waals surface area contributed by atoms with Gasteiger partial charge in [-0.3, -0.25) is 14.5 Å². The predicted molar refractivity (Wildman–Crippen MR) is 114 cm³/mol. The number of halogens is 3. The minimum absolute atomic E-state index is 0.0364. The van der Waals surface area contributed by atoms with Crippen LogP contribution in [0.1, 0.15) is 18.9 Å². The zero-order valence-electron chi connectivity index (χ0n) is 18.1. The van der Waals surface area contributed by atoms with Crippen LogP contribution in [0, 0.1) is 0 Å². The molecule has 33 heavy (non-hydrogen) atoms. The molecular weight excluding hydrogens is 441 g/mol. The van der Waals surface area contributed by atoms with E-state index in [4.69, 9.17) is 9.47 Å². The predicted octanol–water partition coefficient (Wildman–Crippen LogP) is 4.21. The molecule has 1 N–H and O–H groups in total. The largest absolute Gasteiger partial charge is 0.573 e. The van der Waals surface area contributed by atoms with Gasteiger partial charge in [-0.1, -0.05) is 18.2 Å². The summed E-state index contributed by atoms with van der Waals surface area (Å²) >= 11 is 0. The monoisotopic (exact) mass is 464 g/mol. The summed E-state index contributed by atoms with van der Waals surface area (Å²) in [5, 5.41) is 2.81. The fraction of sp³-hybridized carbons (Fsp3) is 0.304. The van der Waals surface area contributed by atoms with Crippen molar-refractivity contribution in [3.05, 3.63) is 59.8 Å². The molecule has 2 amide bonds. The first-order chi connectivity index (χ1) is 15.7. The molecule has 176 valence electrons. The molecule has 0 fully saturated rings. The van der Waals surface area contributed by atoms with E-state index in [2.05, 4.69) is 10.1 Å². The molecule has 0 aromatic heterocycles. The number of carbonyl (C=O) groups is 2. The van der Waals surface area contributed by atoms with E-state index in [0.717, 1.165) is 17.0 Å². The molecular formula is C23H23F3N2O5. The first-order valence-electron chi connectivity index (χ1n) is 10.2. The number of rotatable bonds is 10. The molecule has 2 aromatic rings. The third-order valence-corrected chi connectivity index (χ3v) is 4.69. The Morgan fingerprint density at radius 2 is 1.73 bits per heavy atom. The second-order valence-corrected chi connectivity index (χ2v) is 7.02. The lowest BCUT2D eigenvalue weighted by atomic mass is 10.0. The van der Waals surface area contributed by atoms with Gasteiger partial charge in [-0.2, -0.15) is 0 Å². The van der Waals surface area contributed by atoms with Crippen LogP contribution >= 0.6 is 0 Å². The topological polar surface area (TPSA) is 77.1 Å². The van der Waals surface area contributed by atoms with Gasteiger partial charge in [0.2, 0.25) is 0 Å². The highest BCUT2D eigenvalue weighted by Crippen LogP contribution is 2.33. The summed E-state index contributed by atoms with van der Waals surface area (Å²) in [5.41, 5.74) is 0.708. The van der Waals surface area contributed by atoms with Crippen molar-refractivity contribution in [1.82, 2.24) is 4.90 Å². The van der Waals surface area contributed by atoms with Gasteiger partial charge in [0.15, 0.2) is 0 Å². The van der Waals surface area contributed by atoms with Gasteiger partial charge in [0.1, 0.15) is 17.2 Å². The van der Waals surface area contributed by atoms with Crippen LogP contribution in [0.3, 0.4) is 0 Å². The first kappa shape index (κ1) is 24.1. The number of hydrogen-bond donors (Lipinski definition) is 1. The van der Waals surface area contributed by atoms with E-state index >= 15 is 0 Å². The van der Waals surface area contributed by atoms with E-state index in [1.54, 1.807) is 24.3 Å². The molecule has 0 atom stereocenters. The fourth-order valence-electron chi connectivity index (χ4n) is 3.33. The lowest BCUT2D eigenvalue weighted by Gasteiger charge is -2.15. The molecule has 0 radical (unpaired) electrons. The van der Waals surface area contributed by atoms with E-state index in [1.165, 1.54) is 19.2 Å². The van der Waals surface area contributed by atoms with Crippen molar-refractivity contribution in [3.63, 3.8) is 0 Å². The van der Waals surface area contributed by atoms with Crippen molar-refractivity contribution in [2.45, 2.75) is 19.7 Å². The fourth-order valence-corrected chi connectivity index (χ4v) is 3.33. The third kappa shape index (κ3) is 6.04. The van der Waals surface area contributed by atoms with E-state index < -0.39 is 23.9 Å². The van der Waals surface area contributed by atoms with Crippen molar-refractivity contribution in [1.29, 1.82) is 0 Å². The van der Waals surface area contributed by atoms with Crippen LogP contribution in [0.2, 0.25) is 0 Å². The number of nitrogens with one attached hydrogen (secondary N) is 1. The van der Waals surface area contributed by atoms with Crippen molar-refractivity contribution in [2.24, 2.45) is 0 Å². The number of hydrogen-bond acceptors (Lipinski definition) is 6. The molecule has 1 heterocycles. The summed E-state index contributed by atoms with van der Waals surface area (Å²) in [5.74, 6) is -0.945. The highest BCUT2D eigenvalue weighted by molar-refractivity contribution is 6.36. The van der Waals surface area contributed by atoms with Crippen molar-refractivity contribution < 1.29 is 37.0 Å². The van der Waals surface area contributed by atoms with Gasteiger partial charge in [0, 0.05) is 32.0 Å². The van der Waals surface area contributed by atoms with Gasteiger partial charge in [0.25, 0.3) is 11.8 Å². The maximum Gasteiger partial charge on any atom is 0.573 e. The van der Waals surface area contributed by atoms with Crippen LogP contribution < -0.4 is 14.8 Å². The highest BCUT2D eigenvalue weighted by atomic mass is 19.4. The summed E-state index contributed by atoms with van der Waals surface area (Å²) in [6.45, 7) is 2.80. The minimum Gasteiger partial charge on any atom is -0.494 e. The van der Waals surface area contributed by atoms with Crippen LogP contribution in [-0.2, 0) is 14.3 Å². The average Bonchev–Trinajstić information content (AvgIpc) is 2.98. The second-order valence-electron chi connectivity index (χ2n) is 7.02. The van der Waals surface area contributed by atoms with Crippen LogP contribution in [0.25, 0.3) is 5.57 Å². The van der Waals surface area contributed by atoms with Crippen molar-refractivity contribution in [2.75, 3.05) is 32.2 Å². The second kappa shape index (κ2) is 10.4. The minimum atomic E-state index is -4.86. The zero-order chi connectivity index (χ0) is 24.0. The molecule has 7 nitrogen and oxygen atoms in total. The molecule has 0 bridgehead atoms. The van der Waals surface area contributed by atoms with Gasteiger partial charge in [-0.25, -0.2) is 0 Å². The normalized spacial score (nSPS) is 14.2. The maximum absolute atomic E-state index is 13.1. The standard InChI is InChI=1S/C23H23F3N2O5/c1-3-32-17-10-8-15(9-11-17)19-20(22(30)28(21(19)29)12-5-13-31-2)27-16-6-4-7-18(14-16)33-23(24,25)26/h4,6-11,14,27H,3,5,12-13H2,1-2H3. The summed E-state index contributed by atoms with van der Waals surface area (Å²) in [6, 6.07) is 11.7. The molecule has 1 aliphatic rings. The Balaban J connectivity index is 1.96. The molecule has 10 heteroatoms. The molecule has 0 unspecified atom stereocenters. The Morgan fingerprint density at radius 1 is 1.00 bits per heavy atom. The molecule has 0 aliphatic carbocycles. The lowest BCUT2D eigenvalue weighted by molar-refractivity contribution is -0.274. The third-order valence-electron chi connectivity index (χ3n) is 4.69. The number of amides is 2. The molecule has 0 saturated carbocycles. The van der Waals surface area contributed by atoms with Crippen LogP contribution in [0.15, 0.2) is 54.2 Å². The van der Waals surface area contributed by atoms with Crippen LogP contribution in [0.4, 0.5) is 18.9 Å². The number of imide groups is 1. The molecule has 1 aliphatic heterocycles. The number of methoxy groups -OCH3 is 1. The average molecular weight is 464 g/mol. The van der Waals surface area contributed by atoms with Crippen LogP contribution in [0.5, 0.6) is 11.5 Å². The van der Waals surface area contributed by atoms with Gasteiger partial charge < -0.3 is 19.5 Å². The van der Waals surface area contributed by atoms with Gasteiger partial charge >= 0.3 is 6.36 Å².